The van der Waals surface area contributed by atoms with Crippen LogP contribution in [0.3, 0.4) is 0 Å². The number of hydrogen-bond donors (Lipinski definition) is 4. The van der Waals surface area contributed by atoms with Crippen LogP contribution in [0.1, 0.15) is 22.5 Å². The van der Waals surface area contributed by atoms with Crippen molar-refractivity contribution in [3.8, 4) is 0 Å². The SMILES string of the molecule is Cc1csc(Nc2cc(N[C@@H]3CCN(c4ccc(N)cn4)C[C@@H]3F)c(C(N)=O)cn2)n1. The van der Waals surface area contributed by atoms with Gasteiger partial charge in [-0.15, -0.1) is 11.3 Å². The first-order valence-electron chi connectivity index (χ1n) is 9.75. The Bertz CT molecular complexity index is 1070. The Morgan fingerprint density at radius 3 is 2.81 bits per heavy atom. The first-order chi connectivity index (χ1) is 14.9. The van der Waals surface area contributed by atoms with E-state index in [0.29, 0.717) is 41.1 Å². The summed E-state index contributed by atoms with van der Waals surface area (Å²) in [6, 6.07) is 4.69. The molecule has 0 saturated carbocycles. The van der Waals surface area contributed by atoms with E-state index in [-0.39, 0.29) is 12.1 Å². The second-order valence-corrected chi connectivity index (χ2v) is 8.21. The fourth-order valence-electron chi connectivity index (χ4n) is 3.42. The molecule has 3 aromatic heterocycles. The largest absolute Gasteiger partial charge is 0.397 e. The van der Waals surface area contributed by atoms with Gasteiger partial charge in [-0.25, -0.2) is 19.3 Å². The van der Waals surface area contributed by atoms with Crippen LogP contribution in [0, 0.1) is 6.92 Å². The van der Waals surface area contributed by atoms with E-state index in [0.717, 1.165) is 5.69 Å². The Kier molecular flexibility index (Phi) is 5.85. The molecule has 11 heteroatoms. The summed E-state index contributed by atoms with van der Waals surface area (Å²) in [7, 11) is 0. The van der Waals surface area contributed by atoms with Gasteiger partial charge < -0.3 is 27.0 Å². The number of carbonyl (C=O) groups excluding carboxylic acids is 1. The molecule has 6 N–H and O–H groups in total. The van der Waals surface area contributed by atoms with E-state index in [9.17, 15) is 4.79 Å². The van der Waals surface area contributed by atoms with E-state index < -0.39 is 18.1 Å². The first-order valence-corrected chi connectivity index (χ1v) is 10.6. The van der Waals surface area contributed by atoms with E-state index in [1.165, 1.54) is 17.5 Å². The van der Waals surface area contributed by atoms with Gasteiger partial charge in [0.2, 0.25) is 0 Å². The third-order valence-electron chi connectivity index (χ3n) is 5.00. The minimum Gasteiger partial charge on any atom is -0.397 e. The molecular formula is C20H23FN8OS. The molecule has 4 heterocycles. The van der Waals surface area contributed by atoms with Gasteiger partial charge in [-0.2, -0.15) is 0 Å². The van der Waals surface area contributed by atoms with Gasteiger partial charge >= 0.3 is 0 Å². The number of nitrogens with zero attached hydrogens (tertiary/aromatic N) is 4. The van der Waals surface area contributed by atoms with Crippen molar-refractivity contribution in [2.45, 2.75) is 25.6 Å². The standard InChI is InChI=1S/C20H23FN8OS/c1-11-10-31-20(26-11)28-17-6-16(13(8-24-17)19(23)30)27-15-4-5-29(9-14(15)21)18-3-2-12(22)7-25-18/h2-3,6-8,10,14-15H,4-5,9,22H2,1H3,(H2,23,30)(H2,24,26,27,28)/t14-,15+/m0/s1. The number of thiazole rings is 1. The predicted octanol–water partition coefficient (Wildman–Crippen LogP) is 2.70. The lowest BCUT2D eigenvalue weighted by Crippen LogP contribution is -2.48. The first kappa shape index (κ1) is 20.8. The van der Waals surface area contributed by atoms with Crippen molar-refractivity contribution in [1.82, 2.24) is 15.0 Å². The maximum atomic E-state index is 15.0. The van der Waals surface area contributed by atoms with Crippen molar-refractivity contribution in [3.05, 3.63) is 47.2 Å². The number of anilines is 5. The van der Waals surface area contributed by atoms with Crippen LogP contribution in [-0.2, 0) is 0 Å². The highest BCUT2D eigenvalue weighted by atomic mass is 32.1. The van der Waals surface area contributed by atoms with Gasteiger partial charge in [-0.1, -0.05) is 0 Å². The van der Waals surface area contributed by atoms with Crippen LogP contribution in [0.4, 0.5) is 32.5 Å². The van der Waals surface area contributed by atoms with Gasteiger partial charge in [0.1, 0.15) is 17.8 Å². The number of hydrogen-bond acceptors (Lipinski definition) is 9. The molecular weight excluding hydrogens is 419 g/mol. The number of rotatable bonds is 6. The number of aryl methyl sites for hydroxylation is 1. The molecule has 0 unspecified atom stereocenters. The molecule has 1 aliphatic rings. The molecule has 162 valence electrons. The minimum atomic E-state index is -1.18. The molecule has 1 aliphatic heterocycles. The molecule has 1 fully saturated rings. The molecule has 0 aromatic carbocycles. The van der Waals surface area contributed by atoms with Crippen LogP contribution in [0.15, 0.2) is 36.0 Å². The zero-order valence-electron chi connectivity index (χ0n) is 16.9. The Labute approximate surface area is 182 Å². The van der Waals surface area contributed by atoms with Crippen molar-refractivity contribution in [3.63, 3.8) is 0 Å². The smallest absolute Gasteiger partial charge is 0.252 e. The number of piperidine rings is 1. The summed E-state index contributed by atoms with van der Waals surface area (Å²) in [5.41, 5.74) is 13.3. The van der Waals surface area contributed by atoms with Gasteiger partial charge in [-0.05, 0) is 25.5 Å². The number of pyridine rings is 2. The molecule has 3 aromatic rings. The Balaban J connectivity index is 1.49. The van der Waals surface area contributed by atoms with E-state index in [4.69, 9.17) is 11.5 Å². The molecule has 0 bridgehead atoms. The normalized spacial score (nSPS) is 18.6. The van der Waals surface area contributed by atoms with Crippen LogP contribution in [0.5, 0.6) is 0 Å². The van der Waals surface area contributed by atoms with E-state index in [2.05, 4.69) is 25.6 Å². The summed E-state index contributed by atoms with van der Waals surface area (Å²) in [4.78, 5) is 26.6. The monoisotopic (exact) mass is 442 g/mol. The molecule has 4 rings (SSSR count). The molecule has 0 aliphatic carbocycles. The van der Waals surface area contributed by atoms with Crippen molar-refractivity contribution >= 4 is 45.4 Å². The number of carbonyl (C=O) groups is 1. The molecule has 9 nitrogen and oxygen atoms in total. The van der Waals surface area contributed by atoms with E-state index in [1.54, 1.807) is 24.4 Å². The van der Waals surface area contributed by atoms with Gasteiger partial charge in [0.15, 0.2) is 5.13 Å². The molecule has 1 saturated heterocycles. The highest BCUT2D eigenvalue weighted by Crippen LogP contribution is 2.27. The maximum absolute atomic E-state index is 15.0. The summed E-state index contributed by atoms with van der Waals surface area (Å²) in [5.74, 6) is 0.536. The van der Waals surface area contributed by atoms with Gasteiger partial charge in [0.25, 0.3) is 5.91 Å². The lowest BCUT2D eigenvalue weighted by Gasteiger charge is -2.36. The van der Waals surface area contributed by atoms with Gasteiger partial charge in [-0.3, -0.25) is 4.79 Å². The average Bonchev–Trinajstić information content (AvgIpc) is 3.14. The Hall–Kier alpha value is -3.47. The fourth-order valence-corrected chi connectivity index (χ4v) is 4.12. The van der Waals surface area contributed by atoms with E-state index >= 15 is 4.39 Å². The highest BCUT2D eigenvalue weighted by molar-refractivity contribution is 7.13. The second kappa shape index (κ2) is 8.72. The van der Waals surface area contributed by atoms with Crippen molar-refractivity contribution in [1.29, 1.82) is 0 Å². The summed E-state index contributed by atoms with van der Waals surface area (Å²) in [5, 5.41) is 8.84. The summed E-state index contributed by atoms with van der Waals surface area (Å²) >= 11 is 1.44. The van der Waals surface area contributed by atoms with Crippen LogP contribution in [-0.4, -0.2) is 46.2 Å². The van der Waals surface area contributed by atoms with Crippen LogP contribution < -0.4 is 27.0 Å². The van der Waals surface area contributed by atoms with Gasteiger partial charge in [0, 0.05) is 24.2 Å². The van der Waals surface area contributed by atoms with E-state index in [1.807, 2.05) is 17.2 Å². The average molecular weight is 443 g/mol. The van der Waals surface area contributed by atoms with Crippen LogP contribution >= 0.6 is 11.3 Å². The third-order valence-corrected chi connectivity index (χ3v) is 5.88. The van der Waals surface area contributed by atoms with Crippen molar-refractivity contribution in [2.24, 2.45) is 5.73 Å². The zero-order valence-corrected chi connectivity index (χ0v) is 17.7. The number of nitrogen functional groups attached to an aromatic ring is 1. The lowest BCUT2D eigenvalue weighted by atomic mass is 10.0. The zero-order chi connectivity index (χ0) is 22.0. The molecule has 0 spiro atoms. The summed E-state index contributed by atoms with van der Waals surface area (Å²) in [6.45, 7) is 2.68. The molecule has 31 heavy (non-hydrogen) atoms. The van der Waals surface area contributed by atoms with Crippen molar-refractivity contribution in [2.75, 3.05) is 34.4 Å². The number of amides is 1. The lowest BCUT2D eigenvalue weighted by molar-refractivity contribution is 0.100. The minimum absolute atomic E-state index is 0.176. The quantitative estimate of drug-likeness (QED) is 0.458. The Morgan fingerprint density at radius 1 is 1.32 bits per heavy atom. The fraction of sp³-hybridized carbons (Fsp3) is 0.300. The number of aromatic nitrogens is 3. The molecule has 0 radical (unpaired) electrons. The summed E-state index contributed by atoms with van der Waals surface area (Å²) < 4.78 is 15.0. The Morgan fingerprint density at radius 2 is 2.16 bits per heavy atom. The number of alkyl halides is 1. The highest BCUT2D eigenvalue weighted by Gasteiger charge is 2.30. The second-order valence-electron chi connectivity index (χ2n) is 7.35. The maximum Gasteiger partial charge on any atom is 0.252 e. The van der Waals surface area contributed by atoms with Crippen molar-refractivity contribution < 1.29 is 9.18 Å². The van der Waals surface area contributed by atoms with Crippen LogP contribution in [0.2, 0.25) is 0 Å². The number of nitrogens with two attached hydrogens (primary N) is 2. The predicted molar refractivity (Wildman–Crippen MR) is 121 cm³/mol. The third kappa shape index (κ3) is 4.82. The van der Waals surface area contributed by atoms with Crippen LogP contribution in [0.25, 0.3) is 0 Å². The molecule has 2 atom stereocenters. The number of nitrogens with one attached hydrogen (secondary N) is 2. The van der Waals surface area contributed by atoms with Gasteiger partial charge in [0.05, 0.1) is 41.4 Å². The molecule has 1 amide bonds. The number of halogens is 1. The number of primary amides is 1. The summed E-state index contributed by atoms with van der Waals surface area (Å²) in [6.07, 6.45) is 2.28. The topological polar surface area (TPSA) is 135 Å².